The third kappa shape index (κ3) is 2.77. The van der Waals surface area contributed by atoms with E-state index in [2.05, 4.69) is 10.6 Å². The minimum atomic E-state index is 0.410. The molecule has 2 N–H and O–H groups in total. The van der Waals surface area contributed by atoms with Crippen LogP contribution in [0.1, 0.15) is 11.1 Å². The van der Waals surface area contributed by atoms with Crippen molar-refractivity contribution in [1.29, 1.82) is 0 Å². The zero-order chi connectivity index (χ0) is 15.0. The lowest BCUT2D eigenvalue weighted by atomic mass is 10.1. The van der Waals surface area contributed by atoms with Gasteiger partial charge in [0.25, 0.3) is 0 Å². The van der Waals surface area contributed by atoms with E-state index in [1.165, 1.54) is 0 Å². The molecule has 1 aromatic heterocycles. The Morgan fingerprint density at radius 2 is 1.90 bits per heavy atom. The van der Waals surface area contributed by atoms with Crippen molar-refractivity contribution in [3.63, 3.8) is 0 Å². The Balaban J connectivity index is 2.03. The van der Waals surface area contributed by atoms with Gasteiger partial charge in [-0.05, 0) is 29.8 Å². The van der Waals surface area contributed by atoms with Gasteiger partial charge >= 0.3 is 0 Å². The van der Waals surface area contributed by atoms with Crippen LogP contribution in [0.15, 0.2) is 48.7 Å². The van der Waals surface area contributed by atoms with Crippen LogP contribution in [0.5, 0.6) is 0 Å². The molecule has 5 heteroatoms. The average molecular weight is 335 g/mol. The Labute approximate surface area is 138 Å². The predicted molar refractivity (Wildman–Crippen MR) is 93.4 cm³/mol. The number of halogens is 2. The van der Waals surface area contributed by atoms with E-state index < -0.39 is 0 Å². The lowest BCUT2D eigenvalue weighted by molar-refractivity contribution is 0.837. The number of nitrogens with zero attached hydrogens (tertiary/aromatic N) is 1. The van der Waals surface area contributed by atoms with Gasteiger partial charge in [0.05, 0.1) is 10.0 Å². The van der Waals surface area contributed by atoms with Crippen LogP contribution in [-0.4, -0.2) is 9.56 Å². The lowest BCUT2D eigenvalue weighted by Crippen LogP contribution is -2.09. The van der Waals surface area contributed by atoms with E-state index in [1.807, 2.05) is 42.6 Å². The molecule has 1 heterocycles. The largest absolute Gasteiger partial charge is 0.389 e. The first kappa shape index (κ1) is 14.4. The fraction of sp³-hybridized carbons (Fsp3) is 0.0625. The number of hydrogen-bond acceptors (Lipinski definition) is 1. The van der Waals surface area contributed by atoms with Gasteiger partial charge in [0, 0.05) is 29.2 Å². The van der Waals surface area contributed by atoms with Crippen molar-refractivity contribution in [2.24, 2.45) is 5.73 Å². The fourth-order valence-electron chi connectivity index (χ4n) is 2.41. The van der Waals surface area contributed by atoms with Gasteiger partial charge in [0.15, 0.2) is 0 Å². The molecule has 0 unspecified atom stereocenters. The van der Waals surface area contributed by atoms with E-state index in [-0.39, 0.29) is 0 Å². The molecule has 0 aliphatic heterocycles. The number of nitrogens with two attached hydrogens (primary N) is 1. The van der Waals surface area contributed by atoms with E-state index in [0.717, 1.165) is 22.0 Å². The topological polar surface area (TPSA) is 30.9 Å². The van der Waals surface area contributed by atoms with Gasteiger partial charge in [-0.15, -0.1) is 0 Å². The van der Waals surface area contributed by atoms with Gasteiger partial charge in [0.1, 0.15) is 4.99 Å². The number of fused-ring (bicyclic) bond motifs is 1. The highest BCUT2D eigenvalue weighted by molar-refractivity contribution is 7.80. The van der Waals surface area contributed by atoms with E-state index in [1.54, 1.807) is 0 Å². The molecule has 0 radical (unpaired) electrons. The van der Waals surface area contributed by atoms with E-state index in [0.29, 0.717) is 21.6 Å². The van der Waals surface area contributed by atoms with Crippen LogP contribution in [0.2, 0.25) is 10.0 Å². The maximum atomic E-state index is 6.06. The lowest BCUT2D eigenvalue weighted by Gasteiger charge is -2.08. The summed E-state index contributed by atoms with van der Waals surface area (Å²) >= 11 is 17.1. The quantitative estimate of drug-likeness (QED) is 0.708. The molecule has 0 saturated carbocycles. The van der Waals surface area contributed by atoms with Crippen LogP contribution in [0.25, 0.3) is 10.9 Å². The Bertz CT molecular complexity index is 839. The van der Waals surface area contributed by atoms with Crippen molar-refractivity contribution in [2.45, 2.75) is 6.54 Å². The van der Waals surface area contributed by atoms with Crippen LogP contribution in [0.4, 0.5) is 0 Å². The molecule has 2 nitrogen and oxygen atoms in total. The minimum Gasteiger partial charge on any atom is -0.389 e. The van der Waals surface area contributed by atoms with E-state index >= 15 is 0 Å². The highest BCUT2D eigenvalue weighted by Crippen LogP contribution is 2.25. The zero-order valence-corrected chi connectivity index (χ0v) is 13.3. The Morgan fingerprint density at radius 1 is 1.10 bits per heavy atom. The number of benzene rings is 2. The molecule has 2 aromatic carbocycles. The SMILES string of the molecule is NC(=S)c1cccc2c1ccn2Cc1ccc(Cl)c(Cl)c1. The van der Waals surface area contributed by atoms with Crippen molar-refractivity contribution < 1.29 is 0 Å². The highest BCUT2D eigenvalue weighted by atomic mass is 35.5. The summed E-state index contributed by atoms with van der Waals surface area (Å²) in [5.74, 6) is 0. The number of rotatable bonds is 3. The van der Waals surface area contributed by atoms with Gasteiger partial charge in [0.2, 0.25) is 0 Å². The highest BCUT2D eigenvalue weighted by Gasteiger charge is 2.08. The molecule has 106 valence electrons. The van der Waals surface area contributed by atoms with Crippen LogP contribution < -0.4 is 5.73 Å². The Morgan fingerprint density at radius 3 is 2.62 bits per heavy atom. The van der Waals surface area contributed by atoms with Gasteiger partial charge in [-0.2, -0.15) is 0 Å². The van der Waals surface area contributed by atoms with Crippen molar-refractivity contribution >= 4 is 51.3 Å². The minimum absolute atomic E-state index is 0.410. The van der Waals surface area contributed by atoms with Crippen molar-refractivity contribution in [3.8, 4) is 0 Å². The average Bonchev–Trinajstić information content (AvgIpc) is 2.86. The molecular formula is C16H12Cl2N2S. The monoisotopic (exact) mass is 334 g/mol. The molecule has 0 fully saturated rings. The second kappa shape index (κ2) is 5.68. The van der Waals surface area contributed by atoms with Crippen molar-refractivity contribution in [1.82, 2.24) is 4.57 Å². The van der Waals surface area contributed by atoms with Gasteiger partial charge in [-0.3, -0.25) is 0 Å². The molecule has 0 aliphatic rings. The van der Waals surface area contributed by atoms with Crippen LogP contribution in [0.3, 0.4) is 0 Å². The second-order valence-electron chi connectivity index (χ2n) is 4.79. The number of thiocarbonyl (C=S) groups is 1. The summed E-state index contributed by atoms with van der Waals surface area (Å²) < 4.78 is 2.14. The molecule has 3 aromatic rings. The summed E-state index contributed by atoms with van der Waals surface area (Å²) in [6.07, 6.45) is 2.02. The Hall–Kier alpha value is -1.55. The van der Waals surface area contributed by atoms with E-state index in [4.69, 9.17) is 41.2 Å². The molecule has 0 amide bonds. The third-order valence-corrected chi connectivity index (χ3v) is 4.38. The summed E-state index contributed by atoms with van der Waals surface area (Å²) in [5.41, 5.74) is 8.84. The Kier molecular flexibility index (Phi) is 3.89. The summed E-state index contributed by atoms with van der Waals surface area (Å²) in [5, 5.41) is 2.19. The van der Waals surface area contributed by atoms with Crippen LogP contribution in [0, 0.1) is 0 Å². The number of aromatic nitrogens is 1. The van der Waals surface area contributed by atoms with Crippen LogP contribution in [-0.2, 0) is 6.54 Å². The number of hydrogen-bond donors (Lipinski definition) is 1. The maximum absolute atomic E-state index is 6.06. The van der Waals surface area contributed by atoms with Crippen molar-refractivity contribution in [2.75, 3.05) is 0 Å². The van der Waals surface area contributed by atoms with Crippen molar-refractivity contribution in [3.05, 3.63) is 69.8 Å². The molecule has 0 aliphatic carbocycles. The van der Waals surface area contributed by atoms with Gasteiger partial charge in [-0.1, -0.05) is 53.6 Å². The third-order valence-electron chi connectivity index (χ3n) is 3.42. The van der Waals surface area contributed by atoms with Gasteiger partial charge in [-0.25, -0.2) is 0 Å². The smallest absolute Gasteiger partial charge is 0.104 e. The van der Waals surface area contributed by atoms with Crippen LogP contribution >= 0.6 is 35.4 Å². The molecule has 3 rings (SSSR count). The summed E-state index contributed by atoms with van der Waals surface area (Å²) in [7, 11) is 0. The molecule has 21 heavy (non-hydrogen) atoms. The molecule has 0 saturated heterocycles. The predicted octanol–water partition coefficient (Wildman–Crippen LogP) is 4.63. The molecular weight excluding hydrogens is 323 g/mol. The molecule has 0 atom stereocenters. The summed E-state index contributed by atoms with van der Waals surface area (Å²) in [6.45, 7) is 0.709. The molecule has 0 bridgehead atoms. The fourth-order valence-corrected chi connectivity index (χ4v) is 2.91. The first-order chi connectivity index (χ1) is 10.1. The van der Waals surface area contributed by atoms with E-state index in [9.17, 15) is 0 Å². The first-order valence-electron chi connectivity index (χ1n) is 6.38. The molecule has 0 spiro atoms. The first-order valence-corrected chi connectivity index (χ1v) is 7.54. The summed E-state index contributed by atoms with van der Waals surface area (Å²) in [6, 6.07) is 13.6. The second-order valence-corrected chi connectivity index (χ2v) is 6.05. The summed E-state index contributed by atoms with van der Waals surface area (Å²) in [4.78, 5) is 0.410. The normalized spacial score (nSPS) is 11.0. The zero-order valence-electron chi connectivity index (χ0n) is 11.0. The standard InChI is InChI=1S/C16H12Cl2N2S/c17-13-5-4-10(8-14(13)18)9-20-7-6-11-12(16(19)21)2-1-3-15(11)20/h1-8H,9H2,(H2,19,21). The van der Waals surface area contributed by atoms with Gasteiger partial charge < -0.3 is 10.3 Å². The maximum Gasteiger partial charge on any atom is 0.104 e.